The minimum atomic E-state index is 0.359. The first kappa shape index (κ1) is 13.7. The lowest BCUT2D eigenvalue weighted by Gasteiger charge is -2.26. The van der Waals surface area contributed by atoms with Gasteiger partial charge in [-0.05, 0) is 17.5 Å². The molecule has 0 atom stereocenters. The van der Waals surface area contributed by atoms with Crippen molar-refractivity contribution >= 4 is 22.5 Å². The second-order valence-electron chi connectivity index (χ2n) is 4.93. The number of phenolic OH excluding ortho intramolecular Hbond substituents is 1. The number of ether oxygens (including phenoxy) is 1. The molecule has 2 aromatic rings. The molecule has 0 bridgehead atoms. The standard InChI is InChI=1S/C16H19NO2S/c18-15-5-6-16(14-4-2-1-3-13(14)15)20-12-9-17-7-10-19-11-8-17/h1-6,18H,7-12H2. The van der Waals surface area contributed by atoms with Gasteiger partial charge in [-0.1, -0.05) is 24.3 Å². The summed E-state index contributed by atoms with van der Waals surface area (Å²) in [6.07, 6.45) is 0. The quantitative estimate of drug-likeness (QED) is 0.877. The summed E-state index contributed by atoms with van der Waals surface area (Å²) < 4.78 is 5.36. The van der Waals surface area contributed by atoms with E-state index in [0.29, 0.717) is 5.75 Å². The topological polar surface area (TPSA) is 32.7 Å². The lowest BCUT2D eigenvalue weighted by Crippen LogP contribution is -2.37. The predicted molar refractivity (Wildman–Crippen MR) is 83.6 cm³/mol. The molecule has 20 heavy (non-hydrogen) atoms. The van der Waals surface area contributed by atoms with Crippen molar-refractivity contribution in [3.05, 3.63) is 36.4 Å². The Hall–Kier alpha value is -1.23. The number of aromatic hydroxyl groups is 1. The van der Waals surface area contributed by atoms with Crippen molar-refractivity contribution in [2.75, 3.05) is 38.6 Å². The molecule has 3 rings (SSSR count). The molecular weight excluding hydrogens is 270 g/mol. The predicted octanol–water partition coefficient (Wildman–Crippen LogP) is 2.97. The fraction of sp³-hybridized carbons (Fsp3) is 0.375. The van der Waals surface area contributed by atoms with Gasteiger partial charge in [-0.3, -0.25) is 4.90 Å². The van der Waals surface area contributed by atoms with Crippen molar-refractivity contribution in [1.29, 1.82) is 0 Å². The molecule has 0 saturated carbocycles. The number of fused-ring (bicyclic) bond motifs is 1. The van der Waals surface area contributed by atoms with Crippen LogP contribution in [0.4, 0.5) is 0 Å². The maximum atomic E-state index is 9.89. The highest BCUT2D eigenvalue weighted by Crippen LogP contribution is 2.33. The molecule has 0 unspecified atom stereocenters. The van der Waals surface area contributed by atoms with Gasteiger partial charge in [-0.25, -0.2) is 0 Å². The normalized spacial score (nSPS) is 16.6. The molecule has 1 heterocycles. The van der Waals surface area contributed by atoms with Crippen LogP contribution in [0, 0.1) is 0 Å². The minimum absolute atomic E-state index is 0.359. The van der Waals surface area contributed by atoms with E-state index in [2.05, 4.69) is 11.0 Å². The Bertz CT molecular complexity index is 582. The number of morpholine rings is 1. The van der Waals surface area contributed by atoms with Gasteiger partial charge in [0.1, 0.15) is 5.75 Å². The van der Waals surface area contributed by atoms with Crippen molar-refractivity contribution in [3.63, 3.8) is 0 Å². The maximum Gasteiger partial charge on any atom is 0.123 e. The van der Waals surface area contributed by atoms with E-state index in [0.717, 1.165) is 49.4 Å². The lowest BCUT2D eigenvalue weighted by molar-refractivity contribution is 0.0410. The molecule has 0 amide bonds. The number of hydrogen-bond acceptors (Lipinski definition) is 4. The summed E-state index contributed by atoms with van der Waals surface area (Å²) in [5.41, 5.74) is 0. The van der Waals surface area contributed by atoms with Crippen molar-refractivity contribution in [2.24, 2.45) is 0 Å². The molecule has 3 nitrogen and oxygen atoms in total. The highest BCUT2D eigenvalue weighted by atomic mass is 32.2. The van der Waals surface area contributed by atoms with Crippen molar-refractivity contribution < 1.29 is 9.84 Å². The number of hydrogen-bond donors (Lipinski definition) is 1. The third-order valence-corrected chi connectivity index (χ3v) is 4.68. The number of rotatable bonds is 4. The van der Waals surface area contributed by atoms with Crippen LogP contribution < -0.4 is 0 Å². The van der Waals surface area contributed by atoms with Crippen LogP contribution in [0.5, 0.6) is 5.75 Å². The lowest BCUT2D eigenvalue weighted by atomic mass is 10.1. The first-order valence-corrected chi connectivity index (χ1v) is 7.97. The average molecular weight is 289 g/mol. The summed E-state index contributed by atoms with van der Waals surface area (Å²) in [5, 5.41) is 12.0. The van der Waals surface area contributed by atoms with Crippen LogP contribution in [0.3, 0.4) is 0 Å². The van der Waals surface area contributed by atoms with Crippen LogP contribution in [-0.4, -0.2) is 48.6 Å². The summed E-state index contributed by atoms with van der Waals surface area (Å²) in [7, 11) is 0. The molecule has 1 aliphatic rings. The van der Waals surface area contributed by atoms with Crippen LogP contribution in [0.2, 0.25) is 0 Å². The summed E-state index contributed by atoms with van der Waals surface area (Å²) in [6.45, 7) is 4.87. The van der Waals surface area contributed by atoms with E-state index in [1.807, 2.05) is 36.0 Å². The van der Waals surface area contributed by atoms with Crippen molar-refractivity contribution in [2.45, 2.75) is 4.90 Å². The zero-order valence-electron chi connectivity index (χ0n) is 11.4. The first-order valence-electron chi connectivity index (χ1n) is 6.98. The third kappa shape index (κ3) is 3.08. The molecule has 0 spiro atoms. The van der Waals surface area contributed by atoms with E-state index < -0.39 is 0 Å². The first-order chi connectivity index (χ1) is 9.84. The Morgan fingerprint density at radius 1 is 1.05 bits per heavy atom. The highest BCUT2D eigenvalue weighted by molar-refractivity contribution is 7.99. The second kappa shape index (κ2) is 6.48. The molecule has 1 fully saturated rings. The van der Waals surface area contributed by atoms with E-state index in [9.17, 15) is 5.11 Å². The summed E-state index contributed by atoms with van der Waals surface area (Å²) >= 11 is 1.86. The van der Waals surface area contributed by atoms with Crippen LogP contribution in [-0.2, 0) is 4.74 Å². The molecule has 4 heteroatoms. The summed E-state index contributed by atoms with van der Waals surface area (Å²) in [4.78, 5) is 3.69. The monoisotopic (exact) mass is 289 g/mol. The van der Waals surface area contributed by atoms with Gasteiger partial charge in [-0.15, -0.1) is 11.8 Å². The molecular formula is C16H19NO2S. The van der Waals surface area contributed by atoms with E-state index in [1.54, 1.807) is 6.07 Å². The van der Waals surface area contributed by atoms with E-state index in [1.165, 1.54) is 4.90 Å². The molecule has 1 N–H and O–H groups in total. The molecule has 0 radical (unpaired) electrons. The molecule has 2 aromatic carbocycles. The smallest absolute Gasteiger partial charge is 0.123 e. The van der Waals surface area contributed by atoms with Gasteiger partial charge >= 0.3 is 0 Å². The van der Waals surface area contributed by atoms with Gasteiger partial charge in [0, 0.05) is 35.7 Å². The van der Waals surface area contributed by atoms with Gasteiger partial charge in [0.05, 0.1) is 13.2 Å². The minimum Gasteiger partial charge on any atom is -0.507 e. The van der Waals surface area contributed by atoms with Crippen LogP contribution in [0.25, 0.3) is 10.8 Å². The fourth-order valence-corrected chi connectivity index (χ4v) is 3.56. The Balaban J connectivity index is 1.67. The Morgan fingerprint density at radius 2 is 1.80 bits per heavy atom. The Morgan fingerprint density at radius 3 is 2.60 bits per heavy atom. The van der Waals surface area contributed by atoms with Crippen molar-refractivity contribution in [3.8, 4) is 5.75 Å². The molecule has 1 aliphatic heterocycles. The summed E-state index contributed by atoms with van der Waals surface area (Å²) in [5.74, 6) is 1.42. The fourth-order valence-electron chi connectivity index (χ4n) is 2.49. The van der Waals surface area contributed by atoms with Crippen LogP contribution in [0.15, 0.2) is 41.3 Å². The Kier molecular flexibility index (Phi) is 4.45. The third-order valence-electron chi connectivity index (χ3n) is 3.63. The van der Waals surface area contributed by atoms with Gasteiger partial charge in [0.15, 0.2) is 0 Å². The highest BCUT2D eigenvalue weighted by Gasteiger charge is 2.10. The van der Waals surface area contributed by atoms with Gasteiger partial charge in [0.2, 0.25) is 0 Å². The number of benzene rings is 2. The van der Waals surface area contributed by atoms with Crippen LogP contribution in [0.1, 0.15) is 0 Å². The molecule has 0 aliphatic carbocycles. The number of thioether (sulfide) groups is 1. The second-order valence-corrected chi connectivity index (χ2v) is 6.07. The average Bonchev–Trinajstić information content (AvgIpc) is 2.51. The zero-order chi connectivity index (χ0) is 13.8. The van der Waals surface area contributed by atoms with E-state index in [4.69, 9.17) is 4.74 Å². The molecule has 0 aromatic heterocycles. The number of nitrogens with zero attached hydrogens (tertiary/aromatic N) is 1. The van der Waals surface area contributed by atoms with Gasteiger partial charge < -0.3 is 9.84 Å². The number of phenols is 1. The van der Waals surface area contributed by atoms with Crippen LogP contribution >= 0.6 is 11.8 Å². The van der Waals surface area contributed by atoms with E-state index in [-0.39, 0.29) is 0 Å². The Labute approximate surface area is 123 Å². The summed E-state index contributed by atoms with van der Waals surface area (Å²) in [6, 6.07) is 11.8. The maximum absolute atomic E-state index is 9.89. The molecule has 106 valence electrons. The van der Waals surface area contributed by atoms with Gasteiger partial charge in [0.25, 0.3) is 0 Å². The van der Waals surface area contributed by atoms with E-state index >= 15 is 0 Å². The largest absolute Gasteiger partial charge is 0.507 e. The molecule has 1 saturated heterocycles. The SMILES string of the molecule is Oc1ccc(SCCN2CCOCC2)c2ccccc12. The van der Waals surface area contributed by atoms with Crippen molar-refractivity contribution in [1.82, 2.24) is 4.90 Å². The zero-order valence-corrected chi connectivity index (χ0v) is 12.2. The van der Waals surface area contributed by atoms with Gasteiger partial charge in [-0.2, -0.15) is 0 Å².